The van der Waals surface area contributed by atoms with Gasteiger partial charge in [0, 0.05) is 23.5 Å². The largest absolute Gasteiger partial charge is 0.497 e. The number of carbonyl (C=O) groups is 2. The molecule has 0 spiro atoms. The Morgan fingerprint density at radius 1 is 1.06 bits per heavy atom. The van der Waals surface area contributed by atoms with Crippen molar-refractivity contribution < 1.29 is 23.8 Å². The third kappa shape index (κ3) is 2.30. The summed E-state index contributed by atoms with van der Waals surface area (Å²) in [6.45, 7) is 3.19. The number of H-pyrrole nitrogens is 1. The first kappa shape index (κ1) is 18.1. The van der Waals surface area contributed by atoms with Crippen molar-refractivity contribution in [3.63, 3.8) is 0 Å². The van der Waals surface area contributed by atoms with Crippen molar-refractivity contribution in [3.8, 4) is 17.2 Å². The Labute approximate surface area is 178 Å². The van der Waals surface area contributed by atoms with Crippen LogP contribution in [0.5, 0.6) is 17.2 Å². The van der Waals surface area contributed by atoms with Gasteiger partial charge in [0.1, 0.15) is 19.0 Å². The van der Waals surface area contributed by atoms with E-state index in [-0.39, 0.29) is 11.9 Å². The number of benzene rings is 2. The molecule has 158 valence electrons. The van der Waals surface area contributed by atoms with Gasteiger partial charge in [0.2, 0.25) is 0 Å². The highest BCUT2D eigenvalue weighted by molar-refractivity contribution is 6.23. The third-order valence-electron chi connectivity index (χ3n) is 6.55. The number of imide groups is 1. The van der Waals surface area contributed by atoms with Crippen molar-refractivity contribution in [2.45, 2.75) is 18.9 Å². The molecule has 1 saturated heterocycles. The zero-order valence-electron chi connectivity index (χ0n) is 17.2. The number of hydrogen-bond acceptors (Lipinski definition) is 5. The highest BCUT2D eigenvalue weighted by Crippen LogP contribution is 2.46. The van der Waals surface area contributed by atoms with Crippen molar-refractivity contribution in [2.24, 2.45) is 0 Å². The number of fused-ring (bicyclic) bond motifs is 6. The standard InChI is InChI=1S/C23H21N3O5/c1-23-20-15(16-12-14(29-2)4-5-17(16)24-20)7-8-25(23)22(28)26(21(23)27)13-3-6-18-19(11-13)31-10-9-30-18/h3-6,11-12,24H,7-10H2,1-2H3. The first-order chi connectivity index (χ1) is 15.0. The van der Waals surface area contributed by atoms with Crippen LogP contribution < -0.4 is 19.1 Å². The number of nitrogens with one attached hydrogen (secondary N) is 1. The summed E-state index contributed by atoms with van der Waals surface area (Å²) < 4.78 is 16.6. The number of anilines is 1. The summed E-state index contributed by atoms with van der Waals surface area (Å²) >= 11 is 0. The van der Waals surface area contributed by atoms with Crippen molar-refractivity contribution >= 4 is 28.5 Å². The van der Waals surface area contributed by atoms with Gasteiger partial charge in [-0.05, 0) is 49.2 Å². The minimum absolute atomic E-state index is 0.284. The number of hydrogen-bond donors (Lipinski definition) is 1. The van der Waals surface area contributed by atoms with Crippen molar-refractivity contribution in [3.05, 3.63) is 47.7 Å². The van der Waals surface area contributed by atoms with Gasteiger partial charge < -0.3 is 24.1 Å². The number of carbonyl (C=O) groups excluding carboxylic acids is 2. The first-order valence-corrected chi connectivity index (χ1v) is 10.3. The molecule has 1 fully saturated rings. The minimum atomic E-state index is -1.11. The van der Waals surface area contributed by atoms with Gasteiger partial charge >= 0.3 is 6.03 Å². The summed E-state index contributed by atoms with van der Waals surface area (Å²) in [5.74, 6) is 1.63. The zero-order chi connectivity index (χ0) is 21.3. The predicted octanol–water partition coefficient (Wildman–Crippen LogP) is 3.19. The van der Waals surface area contributed by atoms with Gasteiger partial charge in [-0.15, -0.1) is 0 Å². The SMILES string of the molecule is COc1ccc2[nH]c3c(c2c1)CCN1C(=O)N(c2ccc4c(c2)OCCO4)C(=O)C31C. The topological polar surface area (TPSA) is 84.1 Å². The maximum Gasteiger partial charge on any atom is 0.332 e. The average Bonchev–Trinajstić information content (AvgIpc) is 3.26. The lowest BCUT2D eigenvalue weighted by Gasteiger charge is -2.35. The van der Waals surface area contributed by atoms with Crippen molar-refractivity contribution in [2.75, 3.05) is 31.8 Å². The molecule has 2 aromatic carbocycles. The number of ether oxygens (including phenoxy) is 3. The molecule has 0 radical (unpaired) electrons. The molecule has 3 aromatic rings. The monoisotopic (exact) mass is 419 g/mol. The summed E-state index contributed by atoms with van der Waals surface area (Å²) in [6.07, 6.45) is 0.659. The fourth-order valence-corrected chi connectivity index (χ4v) is 4.94. The molecule has 0 aliphatic carbocycles. The Balaban J connectivity index is 1.47. The minimum Gasteiger partial charge on any atom is -0.497 e. The molecular formula is C23H21N3O5. The lowest BCUT2D eigenvalue weighted by Crippen LogP contribution is -2.49. The second kappa shape index (κ2) is 6.16. The van der Waals surface area contributed by atoms with Crippen LogP contribution in [0, 0.1) is 0 Å². The van der Waals surface area contributed by atoms with Gasteiger partial charge in [-0.1, -0.05) is 0 Å². The molecule has 1 N–H and O–H groups in total. The summed E-state index contributed by atoms with van der Waals surface area (Å²) in [4.78, 5) is 33.4. The van der Waals surface area contributed by atoms with E-state index in [1.165, 1.54) is 4.90 Å². The average molecular weight is 419 g/mol. The van der Waals surface area contributed by atoms with Crippen LogP contribution in [0.15, 0.2) is 36.4 Å². The predicted molar refractivity (Wildman–Crippen MR) is 113 cm³/mol. The fraction of sp³-hybridized carbons (Fsp3) is 0.304. The van der Waals surface area contributed by atoms with E-state index in [9.17, 15) is 9.59 Å². The molecule has 3 amide bonds. The van der Waals surface area contributed by atoms with Crippen molar-refractivity contribution in [1.29, 1.82) is 0 Å². The van der Waals surface area contributed by atoms with Gasteiger partial charge in [0.25, 0.3) is 5.91 Å². The molecule has 0 saturated carbocycles. The normalized spacial score (nSPS) is 22.0. The fourth-order valence-electron chi connectivity index (χ4n) is 4.94. The van der Waals surface area contributed by atoms with Crippen LogP contribution in [0.3, 0.4) is 0 Å². The molecule has 6 rings (SSSR count). The molecule has 1 unspecified atom stereocenters. The molecule has 1 aromatic heterocycles. The van der Waals surface area contributed by atoms with E-state index in [2.05, 4.69) is 4.98 Å². The first-order valence-electron chi connectivity index (χ1n) is 10.3. The molecule has 1 atom stereocenters. The summed E-state index contributed by atoms with van der Waals surface area (Å²) in [5, 5.41) is 1.02. The maximum absolute atomic E-state index is 13.7. The van der Waals surface area contributed by atoms with Crippen LogP contribution in [0.2, 0.25) is 0 Å². The summed E-state index contributed by atoms with van der Waals surface area (Å²) in [6, 6.07) is 10.6. The Morgan fingerprint density at radius 2 is 1.87 bits per heavy atom. The van der Waals surface area contributed by atoms with Gasteiger partial charge in [-0.2, -0.15) is 0 Å². The smallest absolute Gasteiger partial charge is 0.332 e. The molecule has 4 heterocycles. The number of nitrogens with zero attached hydrogens (tertiary/aromatic N) is 2. The van der Waals surface area contributed by atoms with Crippen molar-refractivity contribution in [1.82, 2.24) is 9.88 Å². The van der Waals surface area contributed by atoms with Crippen LogP contribution in [0.4, 0.5) is 10.5 Å². The van der Waals surface area contributed by atoms with Gasteiger partial charge in [-0.3, -0.25) is 4.79 Å². The van der Waals surface area contributed by atoms with Crippen LogP contribution in [0.1, 0.15) is 18.2 Å². The number of aromatic nitrogens is 1. The Morgan fingerprint density at radius 3 is 2.68 bits per heavy atom. The number of aromatic amines is 1. The van der Waals surface area contributed by atoms with E-state index in [1.807, 2.05) is 25.1 Å². The number of urea groups is 1. The second-order valence-electron chi connectivity index (χ2n) is 8.12. The van der Waals surface area contributed by atoms with Gasteiger partial charge in [0.05, 0.1) is 18.5 Å². The number of rotatable bonds is 2. The van der Waals surface area contributed by atoms with E-state index in [0.717, 1.165) is 27.9 Å². The van der Waals surface area contributed by atoms with Crippen LogP contribution in [0.25, 0.3) is 10.9 Å². The van der Waals surface area contributed by atoms with E-state index in [1.54, 1.807) is 30.2 Å². The number of methoxy groups -OCH3 is 1. The highest BCUT2D eigenvalue weighted by Gasteiger charge is 2.59. The van der Waals surface area contributed by atoms with E-state index in [4.69, 9.17) is 14.2 Å². The molecular weight excluding hydrogens is 398 g/mol. The maximum atomic E-state index is 13.7. The summed E-state index contributed by atoms with van der Waals surface area (Å²) in [7, 11) is 1.63. The van der Waals surface area contributed by atoms with Gasteiger partial charge in [-0.25, -0.2) is 9.69 Å². The highest BCUT2D eigenvalue weighted by atomic mass is 16.6. The number of amides is 3. The molecule has 3 aliphatic rings. The van der Waals surface area contributed by atoms with Crippen LogP contribution >= 0.6 is 0 Å². The Kier molecular flexibility index (Phi) is 3.60. The molecule has 3 aliphatic heterocycles. The Bertz CT molecular complexity index is 1270. The summed E-state index contributed by atoms with van der Waals surface area (Å²) in [5.41, 5.74) is 2.11. The second-order valence-corrected chi connectivity index (χ2v) is 8.12. The van der Waals surface area contributed by atoms with E-state index < -0.39 is 5.54 Å². The Hall–Kier alpha value is -3.68. The molecule has 31 heavy (non-hydrogen) atoms. The van der Waals surface area contributed by atoms with Crippen LogP contribution in [-0.2, 0) is 16.8 Å². The third-order valence-corrected chi connectivity index (χ3v) is 6.55. The van der Waals surface area contributed by atoms with E-state index in [0.29, 0.717) is 43.4 Å². The quantitative estimate of drug-likeness (QED) is 0.645. The van der Waals surface area contributed by atoms with E-state index >= 15 is 0 Å². The molecule has 8 nitrogen and oxygen atoms in total. The lowest BCUT2D eigenvalue weighted by molar-refractivity contribution is -0.125. The molecule has 8 heteroatoms. The molecule has 0 bridgehead atoms. The lowest BCUT2D eigenvalue weighted by atomic mass is 9.87. The van der Waals surface area contributed by atoms with Gasteiger partial charge in [0.15, 0.2) is 17.0 Å². The zero-order valence-corrected chi connectivity index (χ0v) is 17.2. The van der Waals surface area contributed by atoms with Crippen LogP contribution in [-0.4, -0.2) is 48.7 Å².